The first-order chi connectivity index (χ1) is 17.3. The van der Waals surface area contributed by atoms with Gasteiger partial charge in [-0.05, 0) is 51.3 Å². The smallest absolute Gasteiger partial charge is 0.239 e. The number of benzene rings is 1. The zero-order valence-corrected chi connectivity index (χ0v) is 22.1. The zero-order chi connectivity index (χ0) is 26.1. The van der Waals surface area contributed by atoms with E-state index >= 15 is 0 Å². The van der Waals surface area contributed by atoms with Crippen LogP contribution in [0.2, 0.25) is 0 Å². The molecule has 3 aromatic rings. The van der Waals surface area contributed by atoms with E-state index in [1.165, 1.54) is 11.9 Å². The molecule has 3 heterocycles. The fourth-order valence-electron chi connectivity index (χ4n) is 3.38. The van der Waals surface area contributed by atoms with Crippen LogP contribution in [0, 0.1) is 6.92 Å². The SMILES string of the molecule is CC(C)O.COc1cccc(O)c1-n1c(NSC(C)Cc2cnc(C)cn2)nnc1C1C=CCCO1. The molecule has 2 atom stereocenters. The highest BCUT2D eigenvalue weighted by molar-refractivity contribution is 8.01. The average Bonchev–Trinajstić information content (AvgIpc) is 3.27. The quantitative estimate of drug-likeness (QED) is 0.298. The van der Waals surface area contributed by atoms with Crippen LogP contribution >= 0.6 is 11.9 Å². The second kappa shape index (κ2) is 13.2. The van der Waals surface area contributed by atoms with Gasteiger partial charge in [0.25, 0.3) is 0 Å². The molecule has 1 aromatic carbocycles. The van der Waals surface area contributed by atoms with E-state index in [4.69, 9.17) is 14.6 Å². The number of rotatable bonds is 8. The fourth-order valence-corrected chi connectivity index (χ4v) is 4.07. The summed E-state index contributed by atoms with van der Waals surface area (Å²) in [6.45, 7) is 8.05. The van der Waals surface area contributed by atoms with Crippen molar-refractivity contribution in [1.82, 2.24) is 24.7 Å². The molecule has 1 aliphatic heterocycles. The first kappa shape index (κ1) is 27.4. The Balaban J connectivity index is 0.000000840. The van der Waals surface area contributed by atoms with Crippen molar-refractivity contribution in [1.29, 1.82) is 0 Å². The lowest BCUT2D eigenvalue weighted by Crippen LogP contribution is -2.15. The molecule has 0 amide bonds. The Morgan fingerprint density at radius 1 is 1.22 bits per heavy atom. The van der Waals surface area contributed by atoms with Gasteiger partial charge in [-0.25, -0.2) is 0 Å². The van der Waals surface area contributed by atoms with E-state index in [0.29, 0.717) is 29.8 Å². The minimum absolute atomic E-state index is 0.0567. The van der Waals surface area contributed by atoms with Crippen molar-refractivity contribution in [3.63, 3.8) is 0 Å². The third kappa shape index (κ3) is 7.42. The molecule has 0 spiro atoms. The van der Waals surface area contributed by atoms with Gasteiger partial charge in [-0.1, -0.05) is 25.1 Å². The predicted molar refractivity (Wildman–Crippen MR) is 141 cm³/mol. The molecule has 0 aliphatic carbocycles. The number of methoxy groups -OCH3 is 1. The van der Waals surface area contributed by atoms with E-state index in [9.17, 15) is 5.11 Å². The van der Waals surface area contributed by atoms with Crippen molar-refractivity contribution in [3.05, 3.63) is 60.0 Å². The summed E-state index contributed by atoms with van der Waals surface area (Å²) in [6, 6.07) is 5.12. The molecule has 2 unspecified atom stereocenters. The van der Waals surface area contributed by atoms with E-state index in [1.807, 2.05) is 13.0 Å². The number of hydrogen-bond donors (Lipinski definition) is 3. The summed E-state index contributed by atoms with van der Waals surface area (Å²) in [5.41, 5.74) is 2.27. The Bertz CT molecular complexity index is 1130. The van der Waals surface area contributed by atoms with Crippen LogP contribution in [0.1, 0.15) is 50.5 Å². The van der Waals surface area contributed by atoms with E-state index < -0.39 is 0 Å². The molecule has 194 valence electrons. The Labute approximate surface area is 215 Å². The highest BCUT2D eigenvalue weighted by atomic mass is 32.2. The van der Waals surface area contributed by atoms with Gasteiger partial charge >= 0.3 is 0 Å². The van der Waals surface area contributed by atoms with Gasteiger partial charge in [-0.2, -0.15) is 0 Å². The lowest BCUT2D eigenvalue weighted by molar-refractivity contribution is 0.0730. The van der Waals surface area contributed by atoms with Crippen molar-refractivity contribution in [2.45, 2.75) is 58.0 Å². The normalized spacial score (nSPS) is 15.8. The standard InChI is InChI=1S/C22H26N6O3S.C3H8O/c1-14-12-24-16(13-23-14)11-15(2)32-27-22-26-25-21(19-8-4-5-10-31-19)28(22)20-17(29)7-6-9-18(20)30-3;1-3(2)4/h4,6-9,12-13,15,19,29H,5,10-11H2,1-3H3,(H,26,27);3-4H,1-2H3. The lowest BCUT2D eigenvalue weighted by Gasteiger charge is -2.21. The highest BCUT2D eigenvalue weighted by Crippen LogP contribution is 2.37. The number of hydrogen-bond acceptors (Lipinski definition) is 10. The Hall–Kier alpha value is -3.15. The number of aromatic nitrogens is 5. The molecule has 1 aliphatic rings. The first-order valence-electron chi connectivity index (χ1n) is 11.8. The lowest BCUT2D eigenvalue weighted by atomic mass is 10.2. The van der Waals surface area contributed by atoms with Gasteiger partial charge in [0.05, 0.1) is 25.1 Å². The van der Waals surface area contributed by atoms with Crippen LogP contribution in [0.3, 0.4) is 0 Å². The summed E-state index contributed by atoms with van der Waals surface area (Å²) in [6.07, 6.45) is 8.62. The number of aliphatic hydroxyl groups is 1. The van der Waals surface area contributed by atoms with Crippen LogP contribution in [0.4, 0.5) is 5.95 Å². The van der Waals surface area contributed by atoms with Crippen molar-refractivity contribution in [3.8, 4) is 17.2 Å². The predicted octanol–water partition coefficient (Wildman–Crippen LogP) is 4.18. The number of phenolic OH excluding ortho intramolecular Hbond substituents is 1. The molecule has 3 N–H and O–H groups in total. The Morgan fingerprint density at radius 2 is 2.00 bits per heavy atom. The molecule has 36 heavy (non-hydrogen) atoms. The summed E-state index contributed by atoms with van der Waals surface area (Å²) in [7, 11) is 1.56. The number of anilines is 1. The van der Waals surface area contributed by atoms with E-state index in [2.05, 4.69) is 37.9 Å². The number of phenols is 1. The topological polar surface area (TPSA) is 127 Å². The molecular formula is C25H34N6O4S. The second-order valence-corrected chi connectivity index (χ2v) is 9.78. The molecule has 0 radical (unpaired) electrons. The molecule has 4 rings (SSSR count). The number of aromatic hydroxyl groups is 1. The Morgan fingerprint density at radius 3 is 2.64 bits per heavy atom. The van der Waals surface area contributed by atoms with Gasteiger partial charge in [-0.15, -0.1) is 10.2 Å². The van der Waals surface area contributed by atoms with E-state index in [0.717, 1.165) is 24.2 Å². The van der Waals surface area contributed by atoms with Crippen molar-refractivity contribution < 1.29 is 19.7 Å². The number of aryl methyl sites for hydroxylation is 1. The maximum Gasteiger partial charge on any atom is 0.239 e. The fraction of sp³-hybridized carbons (Fsp3) is 0.440. The summed E-state index contributed by atoms with van der Waals surface area (Å²) < 4.78 is 16.4. The zero-order valence-electron chi connectivity index (χ0n) is 21.3. The van der Waals surface area contributed by atoms with Crippen LogP contribution in [-0.2, 0) is 11.2 Å². The third-order valence-corrected chi connectivity index (χ3v) is 5.81. The average molecular weight is 515 g/mol. The minimum Gasteiger partial charge on any atom is -0.506 e. The van der Waals surface area contributed by atoms with Crippen molar-refractivity contribution >= 4 is 17.9 Å². The number of para-hydroxylation sites is 1. The van der Waals surface area contributed by atoms with Gasteiger partial charge in [0, 0.05) is 30.2 Å². The van der Waals surface area contributed by atoms with Crippen LogP contribution in [0.15, 0.2) is 42.7 Å². The van der Waals surface area contributed by atoms with Crippen LogP contribution in [0.25, 0.3) is 5.69 Å². The van der Waals surface area contributed by atoms with Crippen LogP contribution in [-0.4, -0.2) is 60.0 Å². The van der Waals surface area contributed by atoms with Gasteiger partial charge in [0.15, 0.2) is 5.82 Å². The Kier molecular flexibility index (Phi) is 10.1. The number of nitrogens with zero attached hydrogens (tertiary/aromatic N) is 5. The maximum absolute atomic E-state index is 10.7. The van der Waals surface area contributed by atoms with Crippen molar-refractivity contribution in [2.24, 2.45) is 0 Å². The molecular weight excluding hydrogens is 480 g/mol. The van der Waals surface area contributed by atoms with Crippen LogP contribution in [0.5, 0.6) is 11.5 Å². The maximum atomic E-state index is 10.7. The summed E-state index contributed by atoms with van der Waals surface area (Å²) in [5, 5.41) is 27.6. The number of aliphatic hydroxyl groups excluding tert-OH is 1. The molecule has 0 saturated carbocycles. The third-order valence-electron chi connectivity index (χ3n) is 4.94. The largest absolute Gasteiger partial charge is 0.506 e. The summed E-state index contributed by atoms with van der Waals surface area (Å²) in [4.78, 5) is 8.73. The molecule has 0 saturated heterocycles. The van der Waals surface area contributed by atoms with Gasteiger partial charge in [-0.3, -0.25) is 19.3 Å². The highest BCUT2D eigenvalue weighted by Gasteiger charge is 2.26. The van der Waals surface area contributed by atoms with E-state index in [-0.39, 0.29) is 23.2 Å². The molecule has 0 fully saturated rings. The van der Waals surface area contributed by atoms with Gasteiger partial charge < -0.3 is 19.7 Å². The molecule has 10 nitrogen and oxygen atoms in total. The monoisotopic (exact) mass is 514 g/mol. The summed E-state index contributed by atoms with van der Waals surface area (Å²) >= 11 is 1.49. The first-order valence-corrected chi connectivity index (χ1v) is 12.6. The number of ether oxygens (including phenoxy) is 2. The second-order valence-electron chi connectivity index (χ2n) is 8.53. The molecule has 11 heteroatoms. The van der Waals surface area contributed by atoms with Crippen LogP contribution < -0.4 is 9.46 Å². The van der Waals surface area contributed by atoms with Crippen molar-refractivity contribution in [2.75, 3.05) is 18.4 Å². The molecule has 2 aromatic heterocycles. The van der Waals surface area contributed by atoms with E-state index in [1.54, 1.807) is 56.1 Å². The summed E-state index contributed by atoms with van der Waals surface area (Å²) in [5.74, 6) is 1.58. The van der Waals surface area contributed by atoms with Gasteiger partial charge in [0.2, 0.25) is 5.95 Å². The van der Waals surface area contributed by atoms with Gasteiger partial charge in [0.1, 0.15) is 23.3 Å². The number of nitrogens with one attached hydrogen (secondary N) is 1. The molecule has 0 bridgehead atoms. The minimum atomic E-state index is -0.374.